The fraction of sp³-hybridized carbons (Fsp3) is 0.500. The zero-order valence-corrected chi connectivity index (χ0v) is 23.5. The predicted octanol–water partition coefficient (Wildman–Crippen LogP) is 5.13. The average Bonchev–Trinajstić information content (AvgIpc) is 3.21. The average molecular weight is 543 g/mol. The second-order valence-electron chi connectivity index (χ2n) is 11.5. The van der Waals surface area contributed by atoms with Gasteiger partial charge >= 0.3 is 5.97 Å². The zero-order valence-electron chi connectivity index (χ0n) is 23.5. The molecule has 6 rings (SSSR count). The van der Waals surface area contributed by atoms with Gasteiger partial charge < -0.3 is 19.3 Å². The molecule has 3 aliphatic rings. The first-order valence-electron chi connectivity index (χ1n) is 14.6. The van der Waals surface area contributed by atoms with Gasteiger partial charge in [-0.15, -0.1) is 0 Å². The van der Waals surface area contributed by atoms with Crippen LogP contribution in [-0.2, 0) is 19.7 Å². The van der Waals surface area contributed by atoms with Gasteiger partial charge in [-0.1, -0.05) is 12.5 Å². The smallest absolute Gasteiger partial charge is 0.308 e. The van der Waals surface area contributed by atoms with Crippen molar-refractivity contribution in [3.05, 3.63) is 48.3 Å². The van der Waals surface area contributed by atoms with E-state index in [4.69, 9.17) is 9.47 Å². The number of likely N-dealkylation sites (tertiary alicyclic amines) is 1. The minimum Gasteiger partial charge on any atom is -0.478 e. The number of amides is 1. The lowest BCUT2D eigenvalue weighted by Crippen LogP contribution is -2.42. The van der Waals surface area contributed by atoms with Crippen molar-refractivity contribution in [2.24, 2.45) is 5.92 Å². The molecule has 0 N–H and O–H groups in total. The summed E-state index contributed by atoms with van der Waals surface area (Å²) in [5.74, 6) is 0.393. The number of rotatable bonds is 7. The standard InChI is InChI=1S/C32H38N4O4/c1-35-27-21-33-26-9-7-23(24-8-10-28(34-20-24)40-18-6-17-36-15-4-3-5-16-36)19-25(26)29(27)32(31(35)38)13-11-22(12-14-32)30(37)39-2/h7-10,19-22H,3-6,11-18H2,1-2H3. The van der Waals surface area contributed by atoms with Crippen LogP contribution in [0.3, 0.4) is 0 Å². The molecule has 1 saturated heterocycles. The monoisotopic (exact) mass is 542 g/mol. The molecule has 40 heavy (non-hydrogen) atoms. The highest BCUT2D eigenvalue weighted by Gasteiger charge is 2.53. The molecule has 2 aliphatic heterocycles. The van der Waals surface area contributed by atoms with Crippen molar-refractivity contribution in [3.63, 3.8) is 0 Å². The lowest BCUT2D eigenvalue weighted by Gasteiger charge is -2.35. The second kappa shape index (κ2) is 11.2. The molecular weight excluding hydrogens is 504 g/mol. The van der Waals surface area contributed by atoms with Gasteiger partial charge in [0.25, 0.3) is 0 Å². The highest BCUT2D eigenvalue weighted by atomic mass is 16.5. The number of ether oxygens (including phenoxy) is 2. The van der Waals surface area contributed by atoms with E-state index in [2.05, 4.69) is 27.0 Å². The maximum atomic E-state index is 13.7. The lowest BCUT2D eigenvalue weighted by atomic mass is 9.66. The summed E-state index contributed by atoms with van der Waals surface area (Å²) in [6.07, 6.45) is 11.2. The number of benzene rings is 1. The Morgan fingerprint density at radius 2 is 1.80 bits per heavy atom. The molecule has 210 valence electrons. The summed E-state index contributed by atoms with van der Waals surface area (Å²) in [5, 5.41) is 0.988. The third kappa shape index (κ3) is 4.83. The summed E-state index contributed by atoms with van der Waals surface area (Å²) in [4.78, 5) is 39.4. The molecule has 3 aromatic rings. The first-order chi connectivity index (χ1) is 19.5. The van der Waals surface area contributed by atoms with E-state index >= 15 is 0 Å². The number of esters is 1. The van der Waals surface area contributed by atoms with Gasteiger partial charge in [-0.2, -0.15) is 0 Å². The Morgan fingerprint density at radius 3 is 2.52 bits per heavy atom. The molecule has 0 atom stereocenters. The number of carbonyl (C=O) groups excluding carboxylic acids is 2. The maximum Gasteiger partial charge on any atom is 0.308 e. The molecule has 1 aromatic carbocycles. The molecule has 1 aliphatic carbocycles. The van der Waals surface area contributed by atoms with Crippen molar-refractivity contribution >= 4 is 28.5 Å². The van der Waals surface area contributed by atoms with Crippen molar-refractivity contribution in [1.82, 2.24) is 14.9 Å². The van der Waals surface area contributed by atoms with Gasteiger partial charge in [-0.3, -0.25) is 14.6 Å². The number of hydrogen-bond acceptors (Lipinski definition) is 7. The molecular formula is C32H38N4O4. The van der Waals surface area contributed by atoms with Crippen LogP contribution in [0.1, 0.15) is 56.9 Å². The SMILES string of the molecule is COC(=O)C1CCC2(CC1)C(=O)N(C)c1cnc3ccc(-c4ccc(OCCCN5CCCCC5)nc4)cc3c12. The zero-order chi connectivity index (χ0) is 27.7. The molecule has 0 bridgehead atoms. The Labute approximate surface area is 235 Å². The van der Waals surface area contributed by atoms with Crippen molar-refractivity contribution in [2.45, 2.75) is 56.8 Å². The van der Waals surface area contributed by atoms with Crippen molar-refractivity contribution in [2.75, 3.05) is 45.3 Å². The number of likely N-dealkylation sites (N-methyl/N-ethyl adjacent to an activating group) is 1. The van der Waals surface area contributed by atoms with E-state index < -0.39 is 5.41 Å². The summed E-state index contributed by atoms with van der Waals surface area (Å²) >= 11 is 0. The van der Waals surface area contributed by atoms with Gasteiger partial charge in [-0.25, -0.2) is 4.98 Å². The number of anilines is 1. The molecule has 2 aromatic heterocycles. The van der Waals surface area contributed by atoms with Crippen LogP contribution in [-0.4, -0.2) is 67.1 Å². The number of pyridine rings is 2. The van der Waals surface area contributed by atoms with Crippen LogP contribution in [0.2, 0.25) is 0 Å². The van der Waals surface area contributed by atoms with E-state index in [0.29, 0.717) is 38.2 Å². The number of fused-ring (bicyclic) bond motifs is 4. The number of nitrogens with zero attached hydrogens (tertiary/aromatic N) is 4. The highest BCUT2D eigenvalue weighted by Crippen LogP contribution is 2.53. The van der Waals surface area contributed by atoms with E-state index in [1.807, 2.05) is 37.6 Å². The minimum absolute atomic E-state index is 0.0916. The molecule has 1 amide bonds. The van der Waals surface area contributed by atoms with E-state index in [1.165, 1.54) is 39.5 Å². The Bertz CT molecular complexity index is 1390. The fourth-order valence-corrected chi connectivity index (χ4v) is 6.92. The Hall–Kier alpha value is -3.52. The number of hydrogen-bond donors (Lipinski definition) is 0. The van der Waals surface area contributed by atoms with E-state index in [9.17, 15) is 9.59 Å². The maximum absolute atomic E-state index is 13.7. The fourth-order valence-electron chi connectivity index (χ4n) is 6.92. The van der Waals surface area contributed by atoms with Crippen LogP contribution in [0.15, 0.2) is 42.7 Å². The van der Waals surface area contributed by atoms with Crippen molar-refractivity contribution < 1.29 is 19.1 Å². The van der Waals surface area contributed by atoms with Crippen LogP contribution < -0.4 is 9.64 Å². The first kappa shape index (κ1) is 26.7. The third-order valence-electron chi connectivity index (χ3n) is 9.16. The summed E-state index contributed by atoms with van der Waals surface area (Å²) in [6, 6.07) is 10.2. The van der Waals surface area contributed by atoms with Crippen molar-refractivity contribution in [1.29, 1.82) is 0 Å². The van der Waals surface area contributed by atoms with Crippen LogP contribution in [0, 0.1) is 5.92 Å². The van der Waals surface area contributed by atoms with Gasteiger partial charge in [0.2, 0.25) is 11.8 Å². The summed E-state index contributed by atoms with van der Waals surface area (Å²) in [7, 11) is 3.26. The number of carbonyl (C=O) groups is 2. The Morgan fingerprint density at radius 1 is 1.02 bits per heavy atom. The van der Waals surface area contributed by atoms with E-state index in [1.54, 1.807) is 4.90 Å². The van der Waals surface area contributed by atoms with Crippen LogP contribution >= 0.6 is 0 Å². The Kier molecular flexibility index (Phi) is 7.45. The number of methoxy groups -OCH3 is 1. The topological polar surface area (TPSA) is 84.9 Å². The Balaban J connectivity index is 1.22. The van der Waals surface area contributed by atoms with Gasteiger partial charge in [0.05, 0.1) is 42.5 Å². The summed E-state index contributed by atoms with van der Waals surface area (Å²) in [6.45, 7) is 4.15. The second-order valence-corrected chi connectivity index (χ2v) is 11.5. The van der Waals surface area contributed by atoms with E-state index in [0.717, 1.165) is 46.2 Å². The highest BCUT2D eigenvalue weighted by molar-refractivity contribution is 6.12. The number of piperidine rings is 1. The molecule has 1 spiro atoms. The largest absolute Gasteiger partial charge is 0.478 e. The van der Waals surface area contributed by atoms with Crippen LogP contribution in [0.4, 0.5) is 5.69 Å². The van der Waals surface area contributed by atoms with Gasteiger partial charge in [0, 0.05) is 42.4 Å². The molecule has 8 nitrogen and oxygen atoms in total. The summed E-state index contributed by atoms with van der Waals surface area (Å²) in [5.41, 5.74) is 4.13. The lowest BCUT2D eigenvalue weighted by molar-refractivity contribution is -0.147. The van der Waals surface area contributed by atoms with Gasteiger partial charge in [0.15, 0.2) is 0 Å². The minimum atomic E-state index is -0.640. The quantitative estimate of drug-likeness (QED) is 0.302. The van der Waals surface area contributed by atoms with Crippen molar-refractivity contribution in [3.8, 4) is 17.0 Å². The van der Waals surface area contributed by atoms with Gasteiger partial charge in [0.1, 0.15) is 0 Å². The molecule has 1 saturated carbocycles. The predicted molar refractivity (Wildman–Crippen MR) is 154 cm³/mol. The molecule has 4 heterocycles. The molecule has 0 radical (unpaired) electrons. The first-order valence-corrected chi connectivity index (χ1v) is 14.6. The normalized spacial score (nSPS) is 23.0. The number of aromatic nitrogens is 2. The molecule has 8 heteroatoms. The summed E-state index contributed by atoms with van der Waals surface area (Å²) < 4.78 is 10.9. The third-order valence-corrected chi connectivity index (χ3v) is 9.16. The van der Waals surface area contributed by atoms with Crippen LogP contribution in [0.25, 0.3) is 22.0 Å². The van der Waals surface area contributed by atoms with E-state index in [-0.39, 0.29) is 17.8 Å². The molecule has 0 unspecified atom stereocenters. The van der Waals surface area contributed by atoms with Gasteiger partial charge in [-0.05, 0) is 81.8 Å². The molecule has 2 fully saturated rings. The van der Waals surface area contributed by atoms with Crippen LogP contribution in [0.5, 0.6) is 5.88 Å².